The molecule has 2 atom stereocenters. The van der Waals surface area contributed by atoms with Gasteiger partial charge >= 0.3 is 18.2 Å². The summed E-state index contributed by atoms with van der Waals surface area (Å²) in [7, 11) is 1.29. The maximum atomic E-state index is 11.6. The number of carbonyl (C=O) groups is 4. The van der Waals surface area contributed by atoms with Gasteiger partial charge < -0.3 is 24.8 Å². The molecule has 10 heteroatoms. The number of amides is 2. The summed E-state index contributed by atoms with van der Waals surface area (Å²) in [4.78, 5) is 46.3. The number of alkyl carbamates (subject to hydrolysis) is 2. The summed E-state index contributed by atoms with van der Waals surface area (Å²) >= 11 is 5.51. The van der Waals surface area contributed by atoms with Crippen LogP contribution in [-0.4, -0.2) is 49.0 Å². The Morgan fingerprint density at radius 3 is 1.43 bits per heavy atom. The SMILES string of the molecule is C=C.CC(C)C(NC(=O)OCc1ccccc1)C(=O)CCl.COC(=O)C(NC(=O)OCc1ccccc1)C(C)C. The number of hydrogen-bond acceptors (Lipinski definition) is 7. The standard InChI is InChI=1S/C14H18ClNO3.C14H19NO4.C2H4/c1-10(2)13(12(17)8-15)16-14(18)19-9-11-6-4-3-5-7-11;1-10(2)12(13(16)18-3)15-14(17)19-9-11-7-5-4-6-8-11;1-2/h3-7,10,13H,8-9H2,1-2H3,(H,16,18);4-8,10,12H,9H2,1-3H3,(H,15,17);1-2H2. The maximum Gasteiger partial charge on any atom is 0.408 e. The quantitative estimate of drug-likeness (QED) is 0.153. The monoisotopic (exact) mass is 576 g/mol. The number of Topliss-reactive ketones (excluding diaryl/α,β-unsaturated/α-hetero) is 1. The van der Waals surface area contributed by atoms with E-state index >= 15 is 0 Å². The first-order valence-corrected chi connectivity index (χ1v) is 13.2. The molecule has 0 heterocycles. The Bertz CT molecular complexity index is 936. The van der Waals surface area contributed by atoms with Crippen LogP contribution < -0.4 is 10.6 Å². The number of benzene rings is 2. The lowest BCUT2D eigenvalue weighted by atomic mass is 10.0. The van der Waals surface area contributed by atoms with Crippen LogP contribution in [0.3, 0.4) is 0 Å². The first kappa shape index (κ1) is 36.1. The minimum absolute atomic E-state index is 0.0319. The lowest BCUT2D eigenvalue weighted by molar-refractivity contribution is -0.144. The minimum atomic E-state index is -0.701. The number of ether oxygens (including phenoxy) is 3. The molecule has 0 aliphatic heterocycles. The lowest BCUT2D eigenvalue weighted by Gasteiger charge is -2.19. The Hall–Kier alpha value is -3.85. The molecular formula is C30H41ClN2O7. The second-order valence-electron chi connectivity index (χ2n) is 8.98. The second-order valence-corrected chi connectivity index (χ2v) is 9.25. The van der Waals surface area contributed by atoms with Crippen molar-refractivity contribution in [1.82, 2.24) is 10.6 Å². The zero-order valence-corrected chi connectivity index (χ0v) is 24.6. The predicted octanol–water partition coefficient (Wildman–Crippen LogP) is 5.66. The van der Waals surface area contributed by atoms with Gasteiger partial charge in [-0.05, 0) is 23.0 Å². The van der Waals surface area contributed by atoms with Gasteiger partial charge in [0, 0.05) is 0 Å². The fourth-order valence-electron chi connectivity index (χ4n) is 3.11. The van der Waals surface area contributed by atoms with E-state index in [2.05, 4.69) is 28.5 Å². The number of carbonyl (C=O) groups excluding carboxylic acids is 4. The Labute approximate surface area is 242 Å². The van der Waals surface area contributed by atoms with E-state index in [1.165, 1.54) is 7.11 Å². The molecule has 0 fully saturated rings. The molecular weight excluding hydrogens is 536 g/mol. The third kappa shape index (κ3) is 14.9. The van der Waals surface area contributed by atoms with Crippen molar-refractivity contribution in [2.45, 2.75) is 53.0 Å². The summed E-state index contributed by atoms with van der Waals surface area (Å²) in [5.74, 6) is -0.922. The van der Waals surface area contributed by atoms with Gasteiger partial charge in [-0.3, -0.25) is 4.79 Å². The van der Waals surface area contributed by atoms with E-state index in [1.807, 2.05) is 88.4 Å². The van der Waals surface area contributed by atoms with Crippen LogP contribution in [0.1, 0.15) is 38.8 Å². The van der Waals surface area contributed by atoms with Crippen LogP contribution in [0.25, 0.3) is 0 Å². The number of halogens is 1. The molecule has 2 rings (SSSR count). The van der Waals surface area contributed by atoms with Crippen molar-refractivity contribution in [3.05, 3.63) is 84.9 Å². The minimum Gasteiger partial charge on any atom is -0.467 e. The van der Waals surface area contributed by atoms with Crippen molar-refractivity contribution in [2.75, 3.05) is 13.0 Å². The number of esters is 1. The predicted molar refractivity (Wildman–Crippen MR) is 156 cm³/mol. The smallest absolute Gasteiger partial charge is 0.408 e. The van der Waals surface area contributed by atoms with Gasteiger partial charge in [0.1, 0.15) is 19.3 Å². The number of ketones is 1. The highest BCUT2D eigenvalue weighted by Crippen LogP contribution is 2.07. The fraction of sp³-hybridized carbons (Fsp3) is 0.400. The number of nitrogens with one attached hydrogen (secondary N) is 2. The molecule has 220 valence electrons. The van der Waals surface area contributed by atoms with Crippen LogP contribution >= 0.6 is 11.6 Å². The molecule has 0 aliphatic rings. The van der Waals surface area contributed by atoms with E-state index in [0.29, 0.717) is 0 Å². The summed E-state index contributed by atoms with van der Waals surface area (Å²) in [5.41, 5.74) is 1.78. The van der Waals surface area contributed by atoms with Crippen molar-refractivity contribution in [3.8, 4) is 0 Å². The first-order valence-electron chi connectivity index (χ1n) is 12.7. The first-order chi connectivity index (χ1) is 19.1. The van der Waals surface area contributed by atoms with E-state index in [-0.39, 0.29) is 36.7 Å². The highest BCUT2D eigenvalue weighted by molar-refractivity contribution is 6.28. The number of methoxy groups -OCH3 is 1. The zero-order valence-electron chi connectivity index (χ0n) is 23.9. The second kappa shape index (κ2) is 21.0. The van der Waals surface area contributed by atoms with Gasteiger partial charge in [0.15, 0.2) is 5.78 Å². The van der Waals surface area contributed by atoms with Gasteiger partial charge in [-0.15, -0.1) is 24.8 Å². The zero-order chi connectivity index (χ0) is 30.5. The van der Waals surface area contributed by atoms with Crippen LogP contribution in [0, 0.1) is 11.8 Å². The van der Waals surface area contributed by atoms with Gasteiger partial charge in [0.2, 0.25) is 0 Å². The Balaban J connectivity index is 0.000000716. The molecule has 2 unspecified atom stereocenters. The molecule has 2 aromatic rings. The van der Waals surface area contributed by atoms with Crippen LogP contribution in [0.15, 0.2) is 73.8 Å². The third-order valence-corrected chi connectivity index (χ3v) is 5.50. The highest BCUT2D eigenvalue weighted by Gasteiger charge is 2.25. The third-order valence-electron chi connectivity index (χ3n) is 5.24. The largest absolute Gasteiger partial charge is 0.467 e. The van der Waals surface area contributed by atoms with Gasteiger partial charge in [0.25, 0.3) is 0 Å². The molecule has 2 amide bonds. The van der Waals surface area contributed by atoms with Crippen molar-refractivity contribution in [1.29, 1.82) is 0 Å². The van der Waals surface area contributed by atoms with Crippen LogP contribution in [-0.2, 0) is 37.0 Å². The molecule has 2 aromatic carbocycles. The number of alkyl halides is 1. The molecule has 2 N–H and O–H groups in total. The van der Waals surface area contributed by atoms with E-state index in [0.717, 1.165) is 11.1 Å². The molecule has 40 heavy (non-hydrogen) atoms. The van der Waals surface area contributed by atoms with Crippen molar-refractivity contribution in [2.24, 2.45) is 11.8 Å². The van der Waals surface area contributed by atoms with Crippen molar-refractivity contribution >= 4 is 35.5 Å². The van der Waals surface area contributed by atoms with Gasteiger partial charge in [0.05, 0.1) is 19.0 Å². The van der Waals surface area contributed by atoms with E-state index in [9.17, 15) is 19.2 Å². The van der Waals surface area contributed by atoms with Crippen molar-refractivity contribution < 1.29 is 33.4 Å². The molecule has 0 saturated carbocycles. The average molecular weight is 577 g/mol. The van der Waals surface area contributed by atoms with E-state index in [4.69, 9.17) is 21.1 Å². The Morgan fingerprint density at radius 2 is 1.10 bits per heavy atom. The summed E-state index contributed by atoms with van der Waals surface area (Å²) in [6.07, 6.45) is -1.24. The number of hydrogen-bond donors (Lipinski definition) is 2. The summed E-state index contributed by atoms with van der Waals surface area (Å²) in [6.45, 7) is 13.7. The summed E-state index contributed by atoms with van der Waals surface area (Å²) in [6, 6.07) is 17.3. The van der Waals surface area contributed by atoms with Crippen LogP contribution in [0.5, 0.6) is 0 Å². The molecule has 0 aliphatic carbocycles. The van der Waals surface area contributed by atoms with Crippen LogP contribution in [0.2, 0.25) is 0 Å². The summed E-state index contributed by atoms with van der Waals surface area (Å²) in [5, 5.41) is 5.04. The summed E-state index contributed by atoms with van der Waals surface area (Å²) < 4.78 is 14.7. The van der Waals surface area contributed by atoms with Crippen molar-refractivity contribution in [3.63, 3.8) is 0 Å². The molecule has 0 saturated heterocycles. The van der Waals surface area contributed by atoms with E-state index < -0.39 is 30.2 Å². The normalized spacial score (nSPS) is 11.4. The average Bonchev–Trinajstić information content (AvgIpc) is 2.97. The van der Waals surface area contributed by atoms with E-state index in [1.54, 1.807) is 0 Å². The topological polar surface area (TPSA) is 120 Å². The molecule has 0 aromatic heterocycles. The molecule has 0 spiro atoms. The van der Waals surface area contributed by atoms with Gasteiger partial charge in [-0.2, -0.15) is 0 Å². The number of rotatable bonds is 11. The molecule has 0 radical (unpaired) electrons. The molecule has 9 nitrogen and oxygen atoms in total. The maximum absolute atomic E-state index is 11.6. The van der Waals surface area contributed by atoms with Gasteiger partial charge in [-0.25, -0.2) is 14.4 Å². The van der Waals surface area contributed by atoms with Gasteiger partial charge in [-0.1, -0.05) is 88.4 Å². The fourth-order valence-corrected chi connectivity index (χ4v) is 3.28. The highest BCUT2D eigenvalue weighted by atomic mass is 35.5. The Morgan fingerprint density at radius 1 is 0.725 bits per heavy atom. The lowest BCUT2D eigenvalue weighted by Crippen LogP contribution is -2.45. The van der Waals surface area contributed by atoms with Crippen LogP contribution in [0.4, 0.5) is 9.59 Å². The Kier molecular flexibility index (Phi) is 19.0. The molecule has 0 bridgehead atoms.